The van der Waals surface area contributed by atoms with Gasteiger partial charge in [-0.3, -0.25) is 4.79 Å². The van der Waals surface area contributed by atoms with Crippen LogP contribution in [0.3, 0.4) is 0 Å². The molecular formula is C20H25ClFNO3. The number of ether oxygens (including phenoxy) is 1. The van der Waals surface area contributed by atoms with Crippen molar-refractivity contribution in [2.24, 2.45) is 17.8 Å². The minimum absolute atomic E-state index is 0.0888. The summed E-state index contributed by atoms with van der Waals surface area (Å²) in [6, 6.07) is 3.95. The Labute approximate surface area is 158 Å². The molecule has 4 saturated carbocycles. The number of carbonyl (C=O) groups is 1. The van der Waals surface area contributed by atoms with Crippen LogP contribution in [0.4, 0.5) is 4.39 Å². The van der Waals surface area contributed by atoms with Gasteiger partial charge in [-0.25, -0.2) is 4.39 Å². The highest BCUT2D eigenvalue weighted by Gasteiger charge is 2.55. The molecule has 6 heteroatoms. The Bertz CT molecular complexity index is 722. The molecule has 26 heavy (non-hydrogen) atoms. The zero-order chi connectivity index (χ0) is 18.7. The standard InChI is InChI=1S/C20H25ClFNO3/c1-19(2,26-16-4-3-14(22)7-15(16)21)18(24)23-17-12-5-11-6-13(17)10-20(25,8-11)9-12/h3-4,7,11-13,17,25H,5-6,8-10H2,1-2H3,(H,23,24). The molecule has 2 atom stereocenters. The number of nitrogens with one attached hydrogen (secondary N) is 1. The molecule has 4 aliphatic carbocycles. The maximum atomic E-state index is 13.2. The first-order chi connectivity index (χ1) is 12.2. The van der Waals surface area contributed by atoms with E-state index in [0.29, 0.717) is 17.8 Å². The molecule has 1 aromatic rings. The third-order valence-corrected chi connectivity index (χ3v) is 6.64. The smallest absolute Gasteiger partial charge is 0.263 e. The van der Waals surface area contributed by atoms with Crippen molar-refractivity contribution in [3.63, 3.8) is 0 Å². The van der Waals surface area contributed by atoms with Crippen molar-refractivity contribution in [1.82, 2.24) is 5.32 Å². The van der Waals surface area contributed by atoms with Crippen molar-refractivity contribution in [2.45, 2.75) is 63.2 Å². The first-order valence-electron chi connectivity index (χ1n) is 9.33. The summed E-state index contributed by atoms with van der Waals surface area (Å²) >= 11 is 6.02. The summed E-state index contributed by atoms with van der Waals surface area (Å²) in [5.74, 6) is 0.889. The SMILES string of the molecule is CC(C)(Oc1ccc(F)cc1Cl)C(=O)NC1C2CC3CC1CC(O)(C3)C2. The Balaban J connectivity index is 1.45. The third-order valence-electron chi connectivity index (χ3n) is 6.34. The summed E-state index contributed by atoms with van der Waals surface area (Å²) in [6.07, 6.45) is 4.62. The zero-order valence-corrected chi connectivity index (χ0v) is 15.9. The minimum Gasteiger partial charge on any atom is -0.476 e. The highest BCUT2D eigenvalue weighted by molar-refractivity contribution is 6.32. The molecule has 4 nitrogen and oxygen atoms in total. The number of carbonyl (C=O) groups excluding carboxylic acids is 1. The van der Waals surface area contributed by atoms with E-state index in [1.807, 2.05) is 0 Å². The van der Waals surface area contributed by atoms with E-state index in [1.165, 1.54) is 18.2 Å². The molecule has 4 fully saturated rings. The van der Waals surface area contributed by atoms with E-state index in [0.717, 1.165) is 32.1 Å². The summed E-state index contributed by atoms with van der Waals surface area (Å²) < 4.78 is 19.0. The fourth-order valence-corrected chi connectivity index (χ4v) is 5.63. The highest BCUT2D eigenvalue weighted by Crippen LogP contribution is 2.55. The first kappa shape index (κ1) is 18.1. The Morgan fingerprint density at radius 3 is 2.54 bits per heavy atom. The lowest BCUT2D eigenvalue weighted by Crippen LogP contribution is -2.63. The van der Waals surface area contributed by atoms with Crippen LogP contribution in [0.2, 0.25) is 5.02 Å². The van der Waals surface area contributed by atoms with E-state index in [1.54, 1.807) is 13.8 Å². The lowest BCUT2D eigenvalue weighted by Gasteiger charge is -2.58. The average molecular weight is 382 g/mol. The van der Waals surface area contributed by atoms with Gasteiger partial charge < -0.3 is 15.2 Å². The molecule has 0 radical (unpaired) electrons. The van der Waals surface area contributed by atoms with Crippen molar-refractivity contribution in [2.75, 3.05) is 0 Å². The largest absolute Gasteiger partial charge is 0.476 e. The Hall–Kier alpha value is -1.33. The molecule has 4 bridgehead atoms. The van der Waals surface area contributed by atoms with Gasteiger partial charge >= 0.3 is 0 Å². The monoisotopic (exact) mass is 381 g/mol. The Kier molecular flexibility index (Phi) is 4.23. The van der Waals surface area contributed by atoms with Crippen molar-refractivity contribution in [3.8, 4) is 5.75 Å². The van der Waals surface area contributed by atoms with Gasteiger partial charge in [-0.15, -0.1) is 0 Å². The van der Waals surface area contributed by atoms with E-state index in [4.69, 9.17) is 16.3 Å². The first-order valence-corrected chi connectivity index (χ1v) is 9.70. The van der Waals surface area contributed by atoms with E-state index in [2.05, 4.69) is 5.32 Å². The average Bonchev–Trinajstić information content (AvgIpc) is 2.51. The van der Waals surface area contributed by atoms with Gasteiger partial charge in [0.1, 0.15) is 11.6 Å². The molecule has 5 rings (SSSR count). The van der Waals surface area contributed by atoms with E-state index >= 15 is 0 Å². The predicted molar refractivity (Wildman–Crippen MR) is 96.6 cm³/mol. The fourth-order valence-electron chi connectivity index (χ4n) is 5.42. The van der Waals surface area contributed by atoms with Crippen molar-refractivity contribution in [1.29, 1.82) is 0 Å². The second kappa shape index (κ2) is 6.10. The number of halogens is 2. The van der Waals surface area contributed by atoms with Crippen LogP contribution >= 0.6 is 11.6 Å². The predicted octanol–water partition coefficient (Wildman–Crippen LogP) is 3.69. The van der Waals surface area contributed by atoms with Crippen molar-refractivity contribution >= 4 is 17.5 Å². The van der Waals surface area contributed by atoms with Gasteiger partial charge in [0.15, 0.2) is 5.60 Å². The molecule has 1 amide bonds. The normalized spacial score (nSPS) is 35.4. The van der Waals surface area contributed by atoms with Crippen LogP contribution in [0.25, 0.3) is 0 Å². The lowest BCUT2D eigenvalue weighted by atomic mass is 9.52. The fraction of sp³-hybridized carbons (Fsp3) is 0.650. The molecule has 142 valence electrons. The second-order valence-electron chi connectivity index (χ2n) is 8.88. The number of hydrogen-bond donors (Lipinski definition) is 2. The summed E-state index contributed by atoms with van der Waals surface area (Å²) in [5.41, 5.74) is -1.65. The van der Waals surface area contributed by atoms with Crippen LogP contribution < -0.4 is 10.1 Å². The van der Waals surface area contributed by atoms with Gasteiger partial charge in [0.05, 0.1) is 10.6 Å². The van der Waals surface area contributed by atoms with Crippen LogP contribution in [0.15, 0.2) is 18.2 Å². The Morgan fingerprint density at radius 2 is 1.96 bits per heavy atom. The topological polar surface area (TPSA) is 58.6 Å². The molecular weight excluding hydrogens is 357 g/mol. The van der Waals surface area contributed by atoms with E-state index in [-0.39, 0.29) is 22.7 Å². The molecule has 0 saturated heterocycles. The summed E-state index contributed by atoms with van der Waals surface area (Å²) in [6.45, 7) is 3.37. The van der Waals surface area contributed by atoms with E-state index < -0.39 is 17.0 Å². The number of hydrogen-bond acceptors (Lipinski definition) is 3. The quantitative estimate of drug-likeness (QED) is 0.836. The number of benzene rings is 1. The third kappa shape index (κ3) is 3.20. The second-order valence-corrected chi connectivity index (χ2v) is 9.29. The summed E-state index contributed by atoms with van der Waals surface area (Å²) in [5, 5.41) is 14.0. The van der Waals surface area contributed by atoms with Crippen LogP contribution in [0.1, 0.15) is 46.0 Å². The lowest BCUT2D eigenvalue weighted by molar-refractivity contribution is -0.152. The summed E-state index contributed by atoms with van der Waals surface area (Å²) in [4.78, 5) is 12.9. The Morgan fingerprint density at radius 1 is 1.31 bits per heavy atom. The molecule has 4 aliphatic rings. The molecule has 0 aromatic heterocycles. The maximum absolute atomic E-state index is 13.2. The van der Waals surface area contributed by atoms with Crippen molar-refractivity contribution in [3.05, 3.63) is 29.0 Å². The van der Waals surface area contributed by atoms with Gasteiger partial charge in [0, 0.05) is 6.04 Å². The van der Waals surface area contributed by atoms with Gasteiger partial charge in [0.2, 0.25) is 0 Å². The van der Waals surface area contributed by atoms with Gasteiger partial charge in [-0.05, 0) is 81.9 Å². The molecule has 2 unspecified atom stereocenters. The van der Waals surface area contributed by atoms with Crippen LogP contribution in [-0.4, -0.2) is 28.3 Å². The zero-order valence-electron chi connectivity index (χ0n) is 15.1. The van der Waals surface area contributed by atoms with Crippen LogP contribution in [0.5, 0.6) is 5.75 Å². The number of aliphatic hydroxyl groups is 1. The molecule has 2 N–H and O–H groups in total. The molecule has 0 heterocycles. The van der Waals surface area contributed by atoms with Crippen LogP contribution in [0, 0.1) is 23.6 Å². The molecule has 0 aliphatic heterocycles. The molecule has 1 aromatic carbocycles. The number of rotatable bonds is 4. The minimum atomic E-state index is -1.13. The molecule has 0 spiro atoms. The number of amides is 1. The van der Waals surface area contributed by atoms with Gasteiger partial charge in [-0.2, -0.15) is 0 Å². The van der Waals surface area contributed by atoms with Gasteiger partial charge in [-0.1, -0.05) is 11.6 Å². The van der Waals surface area contributed by atoms with Gasteiger partial charge in [0.25, 0.3) is 5.91 Å². The summed E-state index contributed by atoms with van der Waals surface area (Å²) in [7, 11) is 0. The highest BCUT2D eigenvalue weighted by atomic mass is 35.5. The van der Waals surface area contributed by atoms with Crippen molar-refractivity contribution < 1.29 is 19.0 Å². The van der Waals surface area contributed by atoms with Crippen LogP contribution in [-0.2, 0) is 4.79 Å². The van der Waals surface area contributed by atoms with E-state index in [9.17, 15) is 14.3 Å². The maximum Gasteiger partial charge on any atom is 0.263 e.